The molecule has 0 radical (unpaired) electrons. The summed E-state index contributed by atoms with van der Waals surface area (Å²) in [6.45, 7) is 7.61. The second-order valence-electron chi connectivity index (χ2n) is 4.53. The lowest BCUT2D eigenvalue weighted by Crippen LogP contribution is -2.26. The third-order valence-corrected chi connectivity index (χ3v) is 3.07. The summed E-state index contributed by atoms with van der Waals surface area (Å²) >= 11 is 0. The molecule has 90 valence electrons. The molecule has 1 aliphatic rings. The van der Waals surface area contributed by atoms with Crippen LogP contribution in [0.2, 0.25) is 0 Å². The van der Waals surface area contributed by atoms with Crippen LogP contribution in [-0.2, 0) is 13.6 Å². The summed E-state index contributed by atoms with van der Waals surface area (Å²) in [7, 11) is 1.91. The quantitative estimate of drug-likeness (QED) is 0.777. The van der Waals surface area contributed by atoms with Crippen LogP contribution in [0.5, 0.6) is 0 Å². The molecule has 1 aromatic rings. The molecule has 0 bridgehead atoms. The van der Waals surface area contributed by atoms with Crippen LogP contribution in [0.1, 0.15) is 19.2 Å². The van der Waals surface area contributed by atoms with Crippen molar-refractivity contribution >= 4 is 0 Å². The van der Waals surface area contributed by atoms with Crippen molar-refractivity contribution in [3.63, 3.8) is 0 Å². The largest absolute Gasteiger partial charge is 0.317 e. The lowest BCUT2D eigenvalue weighted by Gasteiger charge is -2.13. The van der Waals surface area contributed by atoms with Gasteiger partial charge in [-0.15, -0.1) is 0 Å². The molecular formula is C11H21N5. The first-order valence-electron chi connectivity index (χ1n) is 6.05. The van der Waals surface area contributed by atoms with Gasteiger partial charge in [0.25, 0.3) is 0 Å². The highest BCUT2D eigenvalue weighted by Crippen LogP contribution is 2.16. The maximum Gasteiger partial charge on any atom is 0.164 e. The Morgan fingerprint density at radius 2 is 2.44 bits per heavy atom. The second kappa shape index (κ2) is 5.41. The van der Waals surface area contributed by atoms with Gasteiger partial charge in [0.2, 0.25) is 0 Å². The highest BCUT2D eigenvalue weighted by molar-refractivity contribution is 4.85. The molecule has 1 aliphatic heterocycles. The zero-order valence-corrected chi connectivity index (χ0v) is 10.2. The van der Waals surface area contributed by atoms with Crippen molar-refractivity contribution in [3.8, 4) is 0 Å². The van der Waals surface area contributed by atoms with E-state index in [1.165, 1.54) is 19.5 Å². The molecule has 5 heteroatoms. The minimum atomic E-state index is 0.795. The Labute approximate surface area is 96.8 Å². The van der Waals surface area contributed by atoms with Crippen molar-refractivity contribution < 1.29 is 0 Å². The number of aryl methyl sites for hydroxylation is 1. The third-order valence-electron chi connectivity index (χ3n) is 3.07. The van der Waals surface area contributed by atoms with E-state index < -0.39 is 0 Å². The summed E-state index contributed by atoms with van der Waals surface area (Å²) in [5.74, 6) is 1.73. The minimum Gasteiger partial charge on any atom is -0.317 e. The Bertz CT molecular complexity index is 322. The van der Waals surface area contributed by atoms with E-state index in [0.29, 0.717) is 0 Å². The molecule has 0 saturated carbocycles. The zero-order chi connectivity index (χ0) is 11.4. The molecule has 16 heavy (non-hydrogen) atoms. The van der Waals surface area contributed by atoms with Crippen molar-refractivity contribution in [3.05, 3.63) is 12.2 Å². The molecule has 1 saturated heterocycles. The Kier molecular flexibility index (Phi) is 3.90. The molecule has 2 heterocycles. The van der Waals surface area contributed by atoms with E-state index in [1.54, 1.807) is 11.0 Å². The van der Waals surface area contributed by atoms with Gasteiger partial charge in [0.1, 0.15) is 6.33 Å². The Hall–Kier alpha value is -0.940. The number of aromatic nitrogens is 3. The molecule has 1 aromatic heterocycles. The van der Waals surface area contributed by atoms with E-state index >= 15 is 0 Å². The standard InChI is InChI=1S/C11H21N5/c1-3-12-6-10-4-5-16(7-10)8-11-13-9-15(2)14-11/h9-10,12H,3-8H2,1-2H3. The first-order chi connectivity index (χ1) is 7.78. The summed E-state index contributed by atoms with van der Waals surface area (Å²) in [5.41, 5.74) is 0. The normalized spacial score (nSPS) is 21.8. The third kappa shape index (κ3) is 3.02. The Morgan fingerprint density at radius 1 is 1.56 bits per heavy atom. The summed E-state index contributed by atoms with van der Waals surface area (Å²) in [6, 6.07) is 0. The predicted molar refractivity (Wildman–Crippen MR) is 62.9 cm³/mol. The number of nitrogens with one attached hydrogen (secondary N) is 1. The SMILES string of the molecule is CCNCC1CCN(Cc2ncn(C)n2)C1. The number of likely N-dealkylation sites (tertiary alicyclic amines) is 1. The lowest BCUT2D eigenvalue weighted by atomic mass is 10.1. The predicted octanol–water partition coefficient (Wildman–Crippen LogP) is 0.246. The number of hydrogen-bond donors (Lipinski definition) is 1. The highest BCUT2D eigenvalue weighted by atomic mass is 15.3. The minimum absolute atomic E-state index is 0.795. The van der Waals surface area contributed by atoms with Crippen molar-refractivity contribution in [1.29, 1.82) is 0 Å². The number of hydrogen-bond acceptors (Lipinski definition) is 4. The number of nitrogens with zero attached hydrogens (tertiary/aromatic N) is 4. The first-order valence-corrected chi connectivity index (χ1v) is 6.05. The summed E-state index contributed by atoms with van der Waals surface area (Å²) in [5, 5.41) is 7.73. The van der Waals surface area contributed by atoms with Gasteiger partial charge < -0.3 is 5.32 Å². The highest BCUT2D eigenvalue weighted by Gasteiger charge is 2.22. The van der Waals surface area contributed by atoms with E-state index in [9.17, 15) is 0 Å². The maximum absolute atomic E-state index is 4.31. The molecule has 1 fully saturated rings. The molecule has 1 N–H and O–H groups in total. The fourth-order valence-corrected chi connectivity index (χ4v) is 2.23. The van der Waals surface area contributed by atoms with Crippen LogP contribution in [0.4, 0.5) is 0 Å². The maximum atomic E-state index is 4.31. The summed E-state index contributed by atoms with van der Waals surface area (Å²) < 4.78 is 1.77. The molecule has 0 aromatic carbocycles. The molecule has 0 spiro atoms. The lowest BCUT2D eigenvalue weighted by molar-refractivity contribution is 0.306. The molecular weight excluding hydrogens is 202 g/mol. The molecule has 2 rings (SSSR count). The average molecular weight is 223 g/mol. The van der Waals surface area contributed by atoms with E-state index in [4.69, 9.17) is 0 Å². The smallest absolute Gasteiger partial charge is 0.164 e. The van der Waals surface area contributed by atoms with Gasteiger partial charge in [-0.1, -0.05) is 6.92 Å². The van der Waals surface area contributed by atoms with Gasteiger partial charge in [-0.25, -0.2) is 4.98 Å². The zero-order valence-electron chi connectivity index (χ0n) is 10.2. The van der Waals surface area contributed by atoms with Gasteiger partial charge in [-0.2, -0.15) is 5.10 Å². The van der Waals surface area contributed by atoms with Gasteiger partial charge in [-0.3, -0.25) is 9.58 Å². The Morgan fingerprint density at radius 3 is 3.12 bits per heavy atom. The molecule has 1 atom stereocenters. The monoisotopic (exact) mass is 223 g/mol. The molecule has 5 nitrogen and oxygen atoms in total. The first kappa shape index (κ1) is 11.5. The van der Waals surface area contributed by atoms with Crippen LogP contribution < -0.4 is 5.32 Å². The van der Waals surface area contributed by atoms with E-state index in [1.807, 2.05) is 7.05 Å². The topological polar surface area (TPSA) is 46.0 Å². The van der Waals surface area contributed by atoms with E-state index in [-0.39, 0.29) is 0 Å². The van der Waals surface area contributed by atoms with Gasteiger partial charge in [0.05, 0.1) is 6.54 Å². The van der Waals surface area contributed by atoms with E-state index in [2.05, 4.69) is 27.2 Å². The number of rotatable bonds is 5. The molecule has 1 unspecified atom stereocenters. The van der Waals surface area contributed by atoms with Crippen LogP contribution in [0.25, 0.3) is 0 Å². The summed E-state index contributed by atoms with van der Waals surface area (Å²) in [4.78, 5) is 6.70. The fourth-order valence-electron chi connectivity index (χ4n) is 2.23. The van der Waals surface area contributed by atoms with Crippen molar-refractivity contribution in [2.45, 2.75) is 19.9 Å². The van der Waals surface area contributed by atoms with Gasteiger partial charge in [-0.05, 0) is 32.0 Å². The van der Waals surface area contributed by atoms with Crippen molar-refractivity contribution in [2.24, 2.45) is 13.0 Å². The van der Waals surface area contributed by atoms with E-state index in [0.717, 1.165) is 31.4 Å². The van der Waals surface area contributed by atoms with Gasteiger partial charge in [0.15, 0.2) is 5.82 Å². The van der Waals surface area contributed by atoms with Crippen molar-refractivity contribution in [1.82, 2.24) is 25.0 Å². The fraction of sp³-hybridized carbons (Fsp3) is 0.818. The van der Waals surface area contributed by atoms with Crippen LogP contribution in [0.3, 0.4) is 0 Å². The van der Waals surface area contributed by atoms with Crippen LogP contribution >= 0.6 is 0 Å². The van der Waals surface area contributed by atoms with Crippen molar-refractivity contribution in [2.75, 3.05) is 26.2 Å². The molecule has 0 aliphatic carbocycles. The van der Waals surface area contributed by atoms with Crippen LogP contribution in [-0.4, -0.2) is 45.8 Å². The molecule has 0 amide bonds. The van der Waals surface area contributed by atoms with Crippen LogP contribution in [0, 0.1) is 5.92 Å². The van der Waals surface area contributed by atoms with Gasteiger partial charge >= 0.3 is 0 Å². The summed E-state index contributed by atoms with van der Waals surface area (Å²) in [6.07, 6.45) is 3.06. The van der Waals surface area contributed by atoms with Crippen LogP contribution in [0.15, 0.2) is 6.33 Å². The Balaban J connectivity index is 1.76. The second-order valence-corrected chi connectivity index (χ2v) is 4.53. The average Bonchev–Trinajstić information content (AvgIpc) is 2.86. The van der Waals surface area contributed by atoms with Gasteiger partial charge in [0, 0.05) is 13.6 Å².